The summed E-state index contributed by atoms with van der Waals surface area (Å²) in [4.78, 5) is 23.5. The zero-order valence-corrected chi connectivity index (χ0v) is 20.6. The highest BCUT2D eigenvalue weighted by atomic mass is 32.2. The molecule has 1 N–H and O–H groups in total. The molecule has 0 bridgehead atoms. The van der Waals surface area contributed by atoms with E-state index >= 15 is 0 Å². The first kappa shape index (κ1) is 23.9. The fourth-order valence-corrected chi connectivity index (χ4v) is 5.85. The lowest BCUT2D eigenvalue weighted by Gasteiger charge is -2.04. The Morgan fingerprint density at radius 1 is 1.00 bits per heavy atom. The minimum atomic E-state index is -0.402. The molecule has 172 valence electrons. The molecular weight excluding hydrogens is 488 g/mol. The summed E-state index contributed by atoms with van der Waals surface area (Å²) in [6, 6.07) is 21.3. The van der Waals surface area contributed by atoms with Gasteiger partial charge in [0.25, 0.3) is 5.91 Å². The fraction of sp³-hybridized carbons (Fsp3) is 0.125. The second-order valence-corrected chi connectivity index (χ2v) is 10.4. The van der Waals surface area contributed by atoms with E-state index in [-0.39, 0.29) is 11.7 Å². The summed E-state index contributed by atoms with van der Waals surface area (Å²) in [5, 5.41) is 14.8. The van der Waals surface area contributed by atoms with Gasteiger partial charge < -0.3 is 4.74 Å². The van der Waals surface area contributed by atoms with Crippen molar-refractivity contribution < 1.29 is 14.3 Å². The number of fused-ring (bicyclic) bond motifs is 1. The van der Waals surface area contributed by atoms with Crippen LogP contribution in [-0.4, -0.2) is 41.2 Å². The molecule has 3 aromatic carbocycles. The Kier molecular flexibility index (Phi) is 8.29. The quantitative estimate of drug-likeness (QED) is 0.147. The number of ether oxygens (including phenoxy) is 1. The van der Waals surface area contributed by atoms with Crippen LogP contribution in [0, 0.1) is 0 Å². The number of methoxy groups -OCH3 is 1. The monoisotopic (exact) mass is 508 g/mol. The van der Waals surface area contributed by atoms with E-state index in [1.165, 1.54) is 52.8 Å². The number of hydrogen-bond acceptors (Lipinski definition) is 9. The normalized spacial score (nSPS) is 11.1. The maximum atomic E-state index is 12.1. The summed E-state index contributed by atoms with van der Waals surface area (Å²) in [5.41, 5.74) is 4.94. The van der Waals surface area contributed by atoms with Gasteiger partial charge in [0.15, 0.2) is 8.68 Å². The molecule has 1 amide bonds. The van der Waals surface area contributed by atoms with Gasteiger partial charge in [0.2, 0.25) is 0 Å². The van der Waals surface area contributed by atoms with Gasteiger partial charge in [0.1, 0.15) is 0 Å². The number of nitrogens with zero attached hydrogens (tertiary/aromatic N) is 3. The number of carbonyl (C=O) groups is 2. The number of hydrogen-bond donors (Lipinski definition) is 1. The summed E-state index contributed by atoms with van der Waals surface area (Å²) in [6.45, 7) is 0. The van der Waals surface area contributed by atoms with Crippen molar-refractivity contribution in [2.75, 3.05) is 12.9 Å². The molecule has 4 rings (SSSR count). The maximum Gasteiger partial charge on any atom is 0.337 e. The van der Waals surface area contributed by atoms with E-state index in [4.69, 9.17) is 0 Å². The second-order valence-electron chi connectivity index (χ2n) is 6.96. The number of thioether (sulfide) groups is 2. The first-order valence-electron chi connectivity index (χ1n) is 10.2. The summed E-state index contributed by atoms with van der Waals surface area (Å²) >= 11 is 4.43. The molecule has 0 aliphatic carbocycles. The molecule has 34 heavy (non-hydrogen) atoms. The van der Waals surface area contributed by atoms with Crippen LogP contribution in [0.3, 0.4) is 0 Å². The third-order valence-corrected chi connectivity index (χ3v) is 7.92. The van der Waals surface area contributed by atoms with Crippen LogP contribution in [0.1, 0.15) is 21.5 Å². The van der Waals surface area contributed by atoms with Gasteiger partial charge in [-0.1, -0.05) is 89.5 Å². The van der Waals surface area contributed by atoms with Crippen LogP contribution in [0.5, 0.6) is 0 Å². The topological polar surface area (TPSA) is 93.5 Å². The van der Waals surface area contributed by atoms with E-state index < -0.39 is 5.97 Å². The molecule has 10 heteroatoms. The van der Waals surface area contributed by atoms with Crippen LogP contribution >= 0.6 is 34.9 Å². The molecule has 0 saturated heterocycles. The van der Waals surface area contributed by atoms with Crippen molar-refractivity contribution in [3.8, 4) is 0 Å². The van der Waals surface area contributed by atoms with E-state index in [2.05, 4.69) is 55.8 Å². The summed E-state index contributed by atoms with van der Waals surface area (Å²) in [5.74, 6) is 0.339. The van der Waals surface area contributed by atoms with Gasteiger partial charge in [-0.25, -0.2) is 10.2 Å². The lowest BCUT2D eigenvalue weighted by atomic mass is 10.1. The highest BCUT2D eigenvalue weighted by molar-refractivity contribution is 8.03. The molecule has 0 radical (unpaired) electrons. The number of aromatic nitrogens is 2. The predicted octanol–water partition coefficient (Wildman–Crippen LogP) is 5.01. The highest BCUT2D eigenvalue weighted by Gasteiger charge is 2.10. The number of rotatable bonds is 9. The van der Waals surface area contributed by atoms with Crippen LogP contribution < -0.4 is 5.43 Å². The van der Waals surface area contributed by atoms with E-state index in [0.29, 0.717) is 5.56 Å². The third kappa shape index (κ3) is 6.43. The molecule has 0 fully saturated rings. The van der Waals surface area contributed by atoms with E-state index in [0.717, 1.165) is 20.0 Å². The average Bonchev–Trinajstić information content (AvgIpc) is 3.34. The largest absolute Gasteiger partial charge is 0.465 e. The Balaban J connectivity index is 1.23. The van der Waals surface area contributed by atoms with Crippen molar-refractivity contribution in [2.24, 2.45) is 5.10 Å². The molecular formula is C24H20N4O3S3. The van der Waals surface area contributed by atoms with Crippen LogP contribution in [-0.2, 0) is 15.3 Å². The smallest absolute Gasteiger partial charge is 0.337 e. The molecule has 0 atom stereocenters. The van der Waals surface area contributed by atoms with Gasteiger partial charge >= 0.3 is 5.97 Å². The number of hydrazone groups is 1. The molecule has 0 aliphatic rings. The minimum absolute atomic E-state index is 0.182. The van der Waals surface area contributed by atoms with Crippen molar-refractivity contribution in [1.29, 1.82) is 0 Å². The number of esters is 1. The summed E-state index contributed by atoms with van der Waals surface area (Å²) in [7, 11) is 1.33. The number of amides is 1. The van der Waals surface area contributed by atoms with E-state index in [1.54, 1.807) is 36.0 Å². The number of benzene rings is 3. The summed E-state index contributed by atoms with van der Waals surface area (Å²) < 4.78 is 6.26. The Morgan fingerprint density at radius 2 is 1.74 bits per heavy atom. The van der Waals surface area contributed by atoms with Crippen LogP contribution in [0.4, 0.5) is 0 Å². The lowest BCUT2D eigenvalue weighted by Crippen LogP contribution is -2.19. The fourth-order valence-electron chi connectivity index (χ4n) is 3.03. The Hall–Kier alpha value is -3.21. The van der Waals surface area contributed by atoms with Crippen LogP contribution in [0.15, 0.2) is 80.5 Å². The Morgan fingerprint density at radius 3 is 2.53 bits per heavy atom. The SMILES string of the molecule is COC(=O)c1ccc(/C=N\NC(=O)CSc2nnc(SCc3cccc4ccccc34)s2)cc1. The van der Waals surface area contributed by atoms with Crippen molar-refractivity contribution in [3.63, 3.8) is 0 Å². The van der Waals surface area contributed by atoms with Gasteiger partial charge in [-0.05, 0) is 34.0 Å². The molecule has 7 nitrogen and oxygen atoms in total. The average molecular weight is 509 g/mol. The molecule has 0 unspecified atom stereocenters. The van der Waals surface area contributed by atoms with Crippen LogP contribution in [0.25, 0.3) is 10.8 Å². The first-order chi connectivity index (χ1) is 16.6. The number of nitrogens with one attached hydrogen (secondary N) is 1. The van der Waals surface area contributed by atoms with Gasteiger partial charge in [-0.15, -0.1) is 10.2 Å². The second kappa shape index (κ2) is 11.8. The highest BCUT2D eigenvalue weighted by Crippen LogP contribution is 2.32. The molecule has 0 saturated carbocycles. The Bertz CT molecular complexity index is 1320. The molecule has 1 heterocycles. The van der Waals surface area contributed by atoms with Gasteiger partial charge in [0, 0.05) is 5.75 Å². The standard InChI is InChI=1S/C24H20N4O3S3/c1-31-22(30)18-11-9-16(10-12-18)13-25-26-21(29)15-33-24-28-27-23(34-24)32-14-19-7-4-6-17-5-2-3-8-20(17)19/h2-13H,14-15H2,1H3,(H,26,29)/b25-13-. The molecule has 0 aliphatic heterocycles. The van der Waals surface area contributed by atoms with Crippen molar-refractivity contribution in [1.82, 2.24) is 15.6 Å². The molecule has 1 aromatic heterocycles. The van der Waals surface area contributed by atoms with Crippen molar-refractivity contribution in [2.45, 2.75) is 14.4 Å². The first-order valence-corrected chi connectivity index (χ1v) is 13.0. The Labute approximate surface area is 209 Å². The van der Waals surface area contributed by atoms with Crippen LogP contribution in [0.2, 0.25) is 0 Å². The predicted molar refractivity (Wildman–Crippen MR) is 138 cm³/mol. The lowest BCUT2D eigenvalue weighted by molar-refractivity contribution is -0.118. The minimum Gasteiger partial charge on any atom is -0.465 e. The third-order valence-electron chi connectivity index (χ3n) is 4.68. The molecule has 4 aromatic rings. The van der Waals surface area contributed by atoms with Crippen molar-refractivity contribution >= 4 is 63.7 Å². The maximum absolute atomic E-state index is 12.1. The van der Waals surface area contributed by atoms with E-state index in [1.807, 2.05) is 12.1 Å². The number of carbonyl (C=O) groups excluding carboxylic acids is 2. The zero-order valence-electron chi connectivity index (χ0n) is 18.1. The van der Waals surface area contributed by atoms with Gasteiger partial charge in [-0.3, -0.25) is 4.79 Å². The van der Waals surface area contributed by atoms with Crippen molar-refractivity contribution in [3.05, 3.63) is 83.4 Å². The summed E-state index contributed by atoms with van der Waals surface area (Å²) in [6.07, 6.45) is 1.51. The van der Waals surface area contributed by atoms with Gasteiger partial charge in [0.05, 0.1) is 24.6 Å². The van der Waals surface area contributed by atoms with E-state index in [9.17, 15) is 9.59 Å². The van der Waals surface area contributed by atoms with Gasteiger partial charge in [-0.2, -0.15) is 5.10 Å². The zero-order chi connectivity index (χ0) is 23.8. The molecule has 0 spiro atoms.